The summed E-state index contributed by atoms with van der Waals surface area (Å²) in [4.78, 5) is 9.16. The van der Waals surface area contributed by atoms with Crippen LogP contribution in [0.5, 0.6) is 0 Å². The topological polar surface area (TPSA) is 91.9 Å². The minimum absolute atomic E-state index is 0.594. The molecule has 0 amide bonds. The number of nitro groups is 1. The Balaban J connectivity index is 2.48. The highest BCUT2D eigenvalue weighted by Crippen LogP contribution is 1.90. The molecule has 0 aromatic carbocycles. The average Bonchev–Trinajstić information content (AvgIpc) is 2.12. The van der Waals surface area contributed by atoms with Crippen molar-refractivity contribution >= 4 is 0 Å². The van der Waals surface area contributed by atoms with Crippen molar-refractivity contribution in [2.75, 3.05) is 0 Å². The number of hydrazine groups is 1. The maximum atomic E-state index is 9.75. The normalized spacial score (nSPS) is 25.2. The maximum absolute atomic E-state index is 9.75. The molecular weight excluding hydrogens is 114 g/mol. The summed E-state index contributed by atoms with van der Waals surface area (Å²) >= 11 is 0. The summed E-state index contributed by atoms with van der Waals surface area (Å²) in [5, 5.41) is 16.0. The molecule has 0 radical (unpaired) electrons. The fraction of sp³-hybridized carbons (Fsp3) is 1.00. The number of hydrogen-bond donors (Lipinski definition) is 2. The monoisotopic (exact) mass is 117 g/mol. The third kappa shape index (κ3) is 0.706. The summed E-state index contributed by atoms with van der Waals surface area (Å²) in [6, 6.07) is 0. The largest absolute Gasteiger partial charge is 0.398 e. The second-order valence-corrected chi connectivity index (χ2v) is 1.13. The predicted molar refractivity (Wildman–Crippen MR) is 21.9 cm³/mol. The first-order valence-electron chi connectivity index (χ1n) is 1.84. The van der Waals surface area contributed by atoms with Crippen molar-refractivity contribution in [2.45, 2.75) is 6.29 Å². The smallest absolute Gasteiger partial charge is 0.261 e. The van der Waals surface area contributed by atoms with Gasteiger partial charge in [0.1, 0.15) is 0 Å². The van der Waals surface area contributed by atoms with Crippen LogP contribution in [0.4, 0.5) is 0 Å². The maximum Gasteiger partial charge on any atom is 0.398 e. The van der Waals surface area contributed by atoms with Crippen LogP contribution in [0.1, 0.15) is 0 Å². The molecule has 1 aliphatic rings. The molecule has 1 aliphatic heterocycles. The van der Waals surface area contributed by atoms with Crippen LogP contribution in [0.25, 0.3) is 0 Å². The Morgan fingerprint density at radius 1 is 1.75 bits per heavy atom. The fourth-order valence-electron chi connectivity index (χ4n) is 0.294. The fourth-order valence-corrected chi connectivity index (χ4v) is 0.294. The van der Waals surface area contributed by atoms with Crippen LogP contribution in [0.2, 0.25) is 0 Å². The summed E-state index contributed by atoms with van der Waals surface area (Å²) in [6.45, 7) is 0. The van der Waals surface area contributed by atoms with Crippen LogP contribution in [0.15, 0.2) is 10.3 Å². The van der Waals surface area contributed by atoms with Gasteiger partial charge in [0, 0.05) is 0 Å². The molecule has 0 saturated heterocycles. The van der Waals surface area contributed by atoms with Crippen molar-refractivity contribution < 1.29 is 4.92 Å². The van der Waals surface area contributed by atoms with Crippen molar-refractivity contribution in [1.29, 1.82) is 0 Å². The highest BCUT2D eigenvalue weighted by Gasteiger charge is 2.20. The standard InChI is InChI=1S/CH3N5O2/c7-6(8)1-2-4-5-3-1/h1H,(H,2,5)(H,3,4). The second-order valence-electron chi connectivity index (χ2n) is 1.13. The highest BCUT2D eigenvalue weighted by atomic mass is 16.6. The number of nitrogens with zero attached hydrogens (tertiary/aromatic N) is 3. The van der Waals surface area contributed by atoms with Gasteiger partial charge in [-0.15, -0.1) is 5.43 Å². The predicted octanol–water partition coefficient (Wildman–Crippen LogP) is -0.978. The molecule has 1 rings (SSSR count). The van der Waals surface area contributed by atoms with Crippen molar-refractivity contribution in [3.63, 3.8) is 0 Å². The van der Waals surface area contributed by atoms with Crippen LogP contribution in [-0.4, -0.2) is 11.2 Å². The van der Waals surface area contributed by atoms with E-state index in [1.807, 2.05) is 0 Å². The molecule has 1 unspecified atom stereocenters. The Bertz CT molecular complexity index is 130. The van der Waals surface area contributed by atoms with E-state index in [-0.39, 0.29) is 0 Å². The third-order valence-electron chi connectivity index (χ3n) is 0.610. The molecule has 0 bridgehead atoms. The van der Waals surface area contributed by atoms with Gasteiger partial charge in [-0.1, -0.05) is 10.3 Å². The first-order valence-corrected chi connectivity index (χ1v) is 1.84. The summed E-state index contributed by atoms with van der Waals surface area (Å²) in [5.74, 6) is 0. The number of rotatable bonds is 1. The lowest BCUT2D eigenvalue weighted by Crippen LogP contribution is -2.35. The second kappa shape index (κ2) is 1.70. The Kier molecular flexibility index (Phi) is 1.04. The summed E-state index contributed by atoms with van der Waals surface area (Å²) in [7, 11) is 0. The van der Waals surface area contributed by atoms with E-state index in [0.717, 1.165) is 0 Å². The highest BCUT2D eigenvalue weighted by molar-refractivity contribution is 4.44. The van der Waals surface area contributed by atoms with Crippen molar-refractivity contribution in [2.24, 2.45) is 10.3 Å². The van der Waals surface area contributed by atoms with Crippen LogP contribution in [-0.2, 0) is 0 Å². The minimum Gasteiger partial charge on any atom is -0.261 e. The lowest BCUT2D eigenvalue weighted by molar-refractivity contribution is -0.526. The molecule has 2 N–H and O–H groups in total. The van der Waals surface area contributed by atoms with E-state index >= 15 is 0 Å². The Labute approximate surface area is 43.9 Å². The van der Waals surface area contributed by atoms with E-state index in [9.17, 15) is 10.1 Å². The quantitative estimate of drug-likeness (QED) is 0.341. The number of nitrogens with one attached hydrogen (secondary N) is 2. The van der Waals surface area contributed by atoms with Gasteiger partial charge in [0.25, 0.3) is 0 Å². The first kappa shape index (κ1) is 4.91. The average molecular weight is 117 g/mol. The molecule has 0 aromatic heterocycles. The van der Waals surface area contributed by atoms with Crippen LogP contribution in [0, 0.1) is 10.1 Å². The molecule has 7 heteroatoms. The lowest BCUT2D eigenvalue weighted by Gasteiger charge is -1.92. The van der Waals surface area contributed by atoms with Crippen molar-refractivity contribution in [3.8, 4) is 0 Å². The van der Waals surface area contributed by atoms with Gasteiger partial charge in [-0.25, -0.2) is 5.53 Å². The summed E-state index contributed by atoms with van der Waals surface area (Å²) in [6.07, 6.45) is -1.12. The van der Waals surface area contributed by atoms with Gasteiger partial charge in [-0.2, -0.15) is 0 Å². The van der Waals surface area contributed by atoms with Crippen LogP contribution in [0.3, 0.4) is 0 Å². The summed E-state index contributed by atoms with van der Waals surface area (Å²) < 4.78 is 0. The Morgan fingerprint density at radius 2 is 2.50 bits per heavy atom. The van der Waals surface area contributed by atoms with E-state index in [0.29, 0.717) is 0 Å². The molecule has 8 heavy (non-hydrogen) atoms. The van der Waals surface area contributed by atoms with Gasteiger partial charge < -0.3 is 0 Å². The zero-order chi connectivity index (χ0) is 5.98. The molecule has 0 aliphatic carbocycles. The van der Waals surface area contributed by atoms with E-state index in [2.05, 4.69) is 21.3 Å². The van der Waals surface area contributed by atoms with Gasteiger partial charge in [0.2, 0.25) is 0 Å². The van der Waals surface area contributed by atoms with Crippen molar-refractivity contribution in [1.82, 2.24) is 11.0 Å². The van der Waals surface area contributed by atoms with Crippen LogP contribution < -0.4 is 11.0 Å². The molecule has 0 aromatic rings. The van der Waals surface area contributed by atoms with E-state index in [1.54, 1.807) is 0 Å². The van der Waals surface area contributed by atoms with Gasteiger partial charge >= 0.3 is 6.29 Å². The summed E-state index contributed by atoms with van der Waals surface area (Å²) in [5.41, 5.74) is 4.29. The molecule has 1 heterocycles. The molecule has 44 valence electrons. The Morgan fingerprint density at radius 3 is 2.75 bits per heavy atom. The minimum atomic E-state index is -1.12. The third-order valence-corrected chi connectivity index (χ3v) is 0.610. The van der Waals surface area contributed by atoms with Gasteiger partial charge in [-0.3, -0.25) is 10.1 Å². The molecular formula is CH3N5O2. The van der Waals surface area contributed by atoms with Crippen LogP contribution >= 0.6 is 0 Å². The van der Waals surface area contributed by atoms with E-state index < -0.39 is 11.2 Å². The molecule has 7 nitrogen and oxygen atoms in total. The van der Waals surface area contributed by atoms with E-state index in [4.69, 9.17) is 0 Å². The zero-order valence-electron chi connectivity index (χ0n) is 3.74. The number of hydrogen-bond acceptors (Lipinski definition) is 6. The SMILES string of the molecule is O=[N+]([O-])C1N=NNN1. The Hall–Kier alpha value is -1.24. The molecule has 0 fully saturated rings. The molecule has 0 spiro atoms. The van der Waals surface area contributed by atoms with Gasteiger partial charge in [0.05, 0.1) is 4.92 Å². The first-order chi connectivity index (χ1) is 3.80. The lowest BCUT2D eigenvalue weighted by atomic mass is 11.0. The van der Waals surface area contributed by atoms with Gasteiger partial charge in [0.15, 0.2) is 0 Å². The zero-order valence-corrected chi connectivity index (χ0v) is 3.74. The van der Waals surface area contributed by atoms with Crippen molar-refractivity contribution in [3.05, 3.63) is 10.1 Å². The molecule has 0 saturated carbocycles. The molecule has 1 atom stereocenters. The van der Waals surface area contributed by atoms with E-state index in [1.165, 1.54) is 0 Å². The van der Waals surface area contributed by atoms with Gasteiger partial charge in [-0.05, 0) is 0 Å².